The molecule has 0 saturated carbocycles. The van der Waals surface area contributed by atoms with Crippen molar-refractivity contribution in [3.8, 4) is 22.3 Å². The Morgan fingerprint density at radius 2 is 0.818 bits per heavy atom. The molecular formula is C63H40N2O. The molecule has 308 valence electrons. The summed E-state index contributed by atoms with van der Waals surface area (Å²) in [6.45, 7) is 0. The maximum absolute atomic E-state index is 6.64. The molecule has 1 atom stereocenters. The Morgan fingerprint density at radius 3 is 1.52 bits per heavy atom. The molecule has 0 N–H and O–H groups in total. The van der Waals surface area contributed by atoms with Crippen LogP contribution in [0.3, 0.4) is 0 Å². The maximum Gasteiger partial charge on any atom is 0.136 e. The summed E-state index contributed by atoms with van der Waals surface area (Å²) in [7, 11) is 0. The van der Waals surface area contributed by atoms with E-state index in [1.807, 2.05) is 0 Å². The van der Waals surface area contributed by atoms with Gasteiger partial charge in [-0.25, -0.2) is 0 Å². The summed E-state index contributed by atoms with van der Waals surface area (Å²) < 4.78 is 6.64. The largest absolute Gasteiger partial charge is 0.456 e. The van der Waals surface area contributed by atoms with Gasteiger partial charge in [0.05, 0.1) is 22.5 Å². The summed E-state index contributed by atoms with van der Waals surface area (Å²) in [6.07, 6.45) is 0. The predicted molar refractivity (Wildman–Crippen MR) is 274 cm³/mol. The monoisotopic (exact) mass is 840 g/mol. The third-order valence-electron chi connectivity index (χ3n) is 14.2. The number of hydrogen-bond donors (Lipinski definition) is 0. The number of hydrogen-bond acceptors (Lipinski definition) is 3. The Morgan fingerprint density at radius 1 is 0.288 bits per heavy atom. The Labute approximate surface area is 382 Å². The zero-order valence-electron chi connectivity index (χ0n) is 35.9. The van der Waals surface area contributed by atoms with E-state index < -0.39 is 5.41 Å². The summed E-state index contributed by atoms with van der Waals surface area (Å²) >= 11 is 0. The molecule has 2 aliphatic rings. The minimum atomic E-state index is -0.669. The number of benzene rings is 11. The first-order chi connectivity index (χ1) is 32.8. The topological polar surface area (TPSA) is 19.6 Å². The zero-order valence-corrected chi connectivity index (χ0v) is 35.9. The van der Waals surface area contributed by atoms with E-state index in [0.717, 1.165) is 56.1 Å². The van der Waals surface area contributed by atoms with Crippen molar-refractivity contribution in [3.05, 3.63) is 265 Å². The standard InChI is InChI=1S/C63H40N2O/c1-3-23-43(24-4-1)64(57-34-17-21-41-19-7-9-27-46(41)57)45-37-56-62(59(38-45)65(44-25-5-2-6-26-44)58-35-18-22-42-20-8-10-28-47(42)58)50-31-12-15-33-54(50)63(56)53-32-14-11-29-48(53)51-40-61-52(39-55(51)63)49-30-13-16-36-60(49)66-61/h1-40H. The Hall–Kier alpha value is -8.66. The van der Waals surface area contributed by atoms with Gasteiger partial charge in [-0.05, 0) is 116 Å². The Kier molecular flexibility index (Phi) is 7.90. The third kappa shape index (κ3) is 5.14. The number of anilines is 6. The first kappa shape index (κ1) is 36.8. The highest BCUT2D eigenvalue weighted by Crippen LogP contribution is 2.66. The van der Waals surface area contributed by atoms with E-state index in [-0.39, 0.29) is 0 Å². The first-order valence-electron chi connectivity index (χ1n) is 22.8. The van der Waals surface area contributed by atoms with E-state index in [1.54, 1.807) is 0 Å². The van der Waals surface area contributed by atoms with Crippen molar-refractivity contribution in [2.24, 2.45) is 0 Å². The van der Waals surface area contributed by atoms with Crippen molar-refractivity contribution in [1.82, 2.24) is 0 Å². The van der Waals surface area contributed by atoms with Gasteiger partial charge in [-0.3, -0.25) is 0 Å². The highest BCUT2D eigenvalue weighted by atomic mass is 16.3. The summed E-state index contributed by atoms with van der Waals surface area (Å²) in [5.41, 5.74) is 17.7. The molecule has 1 aromatic heterocycles. The molecule has 3 nitrogen and oxygen atoms in total. The molecule has 0 radical (unpaired) electrons. The molecule has 1 unspecified atom stereocenters. The average Bonchev–Trinajstić information content (AvgIpc) is 4.00. The second kappa shape index (κ2) is 14.2. The van der Waals surface area contributed by atoms with Crippen LogP contribution in [0.1, 0.15) is 22.3 Å². The minimum Gasteiger partial charge on any atom is -0.456 e. The molecule has 0 amide bonds. The van der Waals surface area contributed by atoms with Crippen molar-refractivity contribution in [2.75, 3.05) is 9.80 Å². The van der Waals surface area contributed by atoms with Crippen LogP contribution < -0.4 is 9.80 Å². The average molecular weight is 841 g/mol. The molecule has 0 fully saturated rings. The van der Waals surface area contributed by atoms with E-state index >= 15 is 0 Å². The SMILES string of the molecule is c1ccc(N(c2cc(N(c3ccccc3)c3cccc4ccccc34)c3c(c2)C2(c4ccccc4-c4cc5oc6ccccc6c5cc42)c2ccccc2-3)c2cccc3ccccc23)cc1. The van der Waals surface area contributed by atoms with Crippen molar-refractivity contribution in [2.45, 2.75) is 5.41 Å². The molecule has 12 aromatic rings. The van der Waals surface area contributed by atoms with Gasteiger partial charge in [0.25, 0.3) is 0 Å². The fourth-order valence-corrected chi connectivity index (χ4v) is 11.5. The fraction of sp³-hybridized carbons (Fsp3) is 0.0159. The van der Waals surface area contributed by atoms with Crippen molar-refractivity contribution in [1.29, 1.82) is 0 Å². The van der Waals surface area contributed by atoms with E-state index in [1.165, 1.54) is 66.1 Å². The Balaban J connectivity index is 1.18. The molecule has 0 aliphatic heterocycles. The van der Waals surface area contributed by atoms with E-state index in [4.69, 9.17) is 4.42 Å². The van der Waals surface area contributed by atoms with Crippen LogP contribution in [-0.4, -0.2) is 0 Å². The quantitative estimate of drug-likeness (QED) is 0.166. The van der Waals surface area contributed by atoms with Gasteiger partial charge in [0.1, 0.15) is 11.2 Å². The molecular weight excluding hydrogens is 801 g/mol. The number of rotatable bonds is 6. The van der Waals surface area contributed by atoms with Gasteiger partial charge in [-0.15, -0.1) is 0 Å². The van der Waals surface area contributed by atoms with Gasteiger partial charge in [-0.2, -0.15) is 0 Å². The molecule has 1 spiro atoms. The lowest BCUT2D eigenvalue weighted by atomic mass is 9.70. The highest BCUT2D eigenvalue weighted by Gasteiger charge is 2.53. The number of furan rings is 1. The lowest BCUT2D eigenvalue weighted by Crippen LogP contribution is -2.26. The number of fused-ring (bicyclic) bond motifs is 15. The van der Waals surface area contributed by atoms with Gasteiger partial charge in [0.15, 0.2) is 0 Å². The van der Waals surface area contributed by atoms with Crippen LogP contribution >= 0.6 is 0 Å². The van der Waals surface area contributed by atoms with E-state index in [2.05, 4.69) is 252 Å². The minimum absolute atomic E-state index is 0.669. The van der Waals surface area contributed by atoms with E-state index in [0.29, 0.717) is 0 Å². The van der Waals surface area contributed by atoms with E-state index in [9.17, 15) is 0 Å². The second-order valence-electron chi connectivity index (χ2n) is 17.6. The fourth-order valence-electron chi connectivity index (χ4n) is 11.5. The molecule has 3 heteroatoms. The Bertz CT molecular complexity index is 3900. The van der Waals surface area contributed by atoms with Gasteiger partial charge in [-0.1, -0.05) is 176 Å². The van der Waals surface area contributed by atoms with Crippen LogP contribution in [0.15, 0.2) is 247 Å². The maximum atomic E-state index is 6.64. The molecule has 14 rings (SSSR count). The molecule has 1 heterocycles. The van der Waals surface area contributed by atoms with Gasteiger partial charge in [0.2, 0.25) is 0 Å². The molecule has 0 saturated heterocycles. The number of nitrogens with zero attached hydrogens (tertiary/aromatic N) is 2. The van der Waals surface area contributed by atoms with Crippen molar-refractivity contribution in [3.63, 3.8) is 0 Å². The first-order valence-corrected chi connectivity index (χ1v) is 22.8. The van der Waals surface area contributed by atoms with Gasteiger partial charge in [0, 0.05) is 44.2 Å². The molecule has 2 aliphatic carbocycles. The molecule has 0 bridgehead atoms. The van der Waals surface area contributed by atoms with Crippen molar-refractivity contribution < 1.29 is 4.42 Å². The smallest absolute Gasteiger partial charge is 0.136 e. The summed E-state index contributed by atoms with van der Waals surface area (Å²) in [5.74, 6) is 0. The highest BCUT2D eigenvalue weighted by molar-refractivity contribution is 6.11. The van der Waals surface area contributed by atoms with Crippen LogP contribution in [-0.2, 0) is 5.41 Å². The van der Waals surface area contributed by atoms with Crippen LogP contribution in [0.5, 0.6) is 0 Å². The van der Waals surface area contributed by atoms with Crippen LogP contribution in [0.25, 0.3) is 65.7 Å². The third-order valence-corrected chi connectivity index (χ3v) is 14.2. The van der Waals surface area contributed by atoms with Gasteiger partial charge < -0.3 is 14.2 Å². The summed E-state index contributed by atoms with van der Waals surface area (Å²) in [5, 5.41) is 7.00. The predicted octanol–water partition coefficient (Wildman–Crippen LogP) is 17.2. The summed E-state index contributed by atoms with van der Waals surface area (Å²) in [4.78, 5) is 4.99. The molecule has 66 heavy (non-hydrogen) atoms. The van der Waals surface area contributed by atoms with Crippen molar-refractivity contribution >= 4 is 77.6 Å². The summed E-state index contributed by atoms with van der Waals surface area (Å²) in [6, 6.07) is 89.1. The number of para-hydroxylation sites is 3. The van der Waals surface area contributed by atoms with Crippen LogP contribution in [0, 0.1) is 0 Å². The normalized spacial score (nSPS) is 14.4. The van der Waals surface area contributed by atoms with Crippen LogP contribution in [0.4, 0.5) is 34.1 Å². The molecule has 11 aromatic carbocycles. The lowest BCUT2D eigenvalue weighted by Gasteiger charge is -2.35. The zero-order chi connectivity index (χ0) is 43.3. The van der Waals surface area contributed by atoms with Crippen LogP contribution in [0.2, 0.25) is 0 Å². The second-order valence-corrected chi connectivity index (χ2v) is 17.6. The lowest BCUT2D eigenvalue weighted by molar-refractivity contribution is 0.669. The van der Waals surface area contributed by atoms with Gasteiger partial charge >= 0.3 is 0 Å².